The average molecular weight is 312 g/mol. The van der Waals surface area contributed by atoms with E-state index in [-0.39, 0.29) is 5.97 Å². The summed E-state index contributed by atoms with van der Waals surface area (Å²) >= 11 is 1.68. The van der Waals surface area contributed by atoms with Gasteiger partial charge in [-0.25, -0.2) is 4.79 Å². The monoisotopic (exact) mass is 312 g/mol. The summed E-state index contributed by atoms with van der Waals surface area (Å²) in [6.07, 6.45) is 2.03. The number of carbonyl (C=O) groups is 1. The molecular formula is C18H16O3S. The molecular weight excluding hydrogens is 296 g/mol. The summed E-state index contributed by atoms with van der Waals surface area (Å²) in [4.78, 5) is 13.3. The number of ether oxygens (including phenoxy) is 2. The fraction of sp³-hybridized carbons (Fsp3) is 0.167. The molecule has 22 heavy (non-hydrogen) atoms. The third-order valence-electron chi connectivity index (χ3n) is 3.67. The molecule has 3 nitrogen and oxygen atoms in total. The van der Waals surface area contributed by atoms with Crippen molar-refractivity contribution in [2.75, 3.05) is 20.0 Å². The van der Waals surface area contributed by atoms with Gasteiger partial charge in [-0.15, -0.1) is 11.8 Å². The first kappa shape index (κ1) is 14.7. The van der Waals surface area contributed by atoms with Crippen LogP contribution in [0.4, 0.5) is 0 Å². The topological polar surface area (TPSA) is 35.5 Å². The Morgan fingerprint density at radius 2 is 1.64 bits per heavy atom. The first-order chi connectivity index (χ1) is 10.7. The quantitative estimate of drug-likeness (QED) is 0.634. The van der Waals surface area contributed by atoms with Crippen molar-refractivity contribution in [3.05, 3.63) is 59.7 Å². The Kier molecular flexibility index (Phi) is 4.20. The van der Waals surface area contributed by atoms with Crippen LogP contribution in [-0.2, 0) is 9.53 Å². The Bertz CT molecular complexity index is 715. The molecule has 1 aliphatic rings. The van der Waals surface area contributed by atoms with Gasteiger partial charge in [0.25, 0.3) is 0 Å². The summed E-state index contributed by atoms with van der Waals surface area (Å²) in [5.74, 6) is 0.531. The van der Waals surface area contributed by atoms with E-state index in [9.17, 15) is 4.79 Å². The molecule has 2 aromatic carbocycles. The molecule has 112 valence electrons. The fourth-order valence-electron chi connectivity index (χ4n) is 2.47. The summed E-state index contributed by atoms with van der Waals surface area (Å²) in [5.41, 5.74) is 3.45. The van der Waals surface area contributed by atoms with Crippen molar-refractivity contribution in [3.8, 4) is 5.75 Å². The van der Waals surface area contributed by atoms with Crippen LogP contribution in [0.2, 0.25) is 0 Å². The van der Waals surface area contributed by atoms with E-state index in [1.54, 1.807) is 18.9 Å². The number of hydrogen-bond donors (Lipinski definition) is 0. The SMILES string of the molecule is COc1ccc(C2=C(c3ccc(SC)cc3)C(=O)OC2)cc1. The Balaban J connectivity index is 2.04. The number of carbonyl (C=O) groups excluding carboxylic acids is 1. The lowest BCUT2D eigenvalue weighted by Crippen LogP contribution is -1.98. The minimum Gasteiger partial charge on any atom is -0.497 e. The second-order valence-corrected chi connectivity index (χ2v) is 5.77. The molecule has 0 aliphatic carbocycles. The summed E-state index contributed by atoms with van der Waals surface area (Å²) < 4.78 is 10.4. The molecule has 1 heterocycles. The zero-order chi connectivity index (χ0) is 15.5. The maximum Gasteiger partial charge on any atom is 0.339 e. The summed E-state index contributed by atoms with van der Waals surface area (Å²) in [7, 11) is 1.63. The molecule has 0 amide bonds. The number of thioether (sulfide) groups is 1. The lowest BCUT2D eigenvalue weighted by atomic mass is 9.97. The molecule has 0 saturated heterocycles. The Labute approximate surface area is 133 Å². The molecule has 0 aromatic heterocycles. The molecule has 0 spiro atoms. The smallest absolute Gasteiger partial charge is 0.339 e. The maximum atomic E-state index is 12.1. The third-order valence-corrected chi connectivity index (χ3v) is 4.41. The maximum absolute atomic E-state index is 12.1. The molecule has 0 fully saturated rings. The van der Waals surface area contributed by atoms with Gasteiger partial charge in [0, 0.05) is 10.5 Å². The molecule has 0 saturated carbocycles. The largest absolute Gasteiger partial charge is 0.497 e. The van der Waals surface area contributed by atoms with E-state index in [2.05, 4.69) is 0 Å². The van der Waals surface area contributed by atoms with Crippen LogP contribution >= 0.6 is 11.8 Å². The highest BCUT2D eigenvalue weighted by molar-refractivity contribution is 7.98. The molecule has 0 bridgehead atoms. The van der Waals surface area contributed by atoms with E-state index in [4.69, 9.17) is 9.47 Å². The van der Waals surface area contributed by atoms with Gasteiger partial charge in [-0.1, -0.05) is 24.3 Å². The predicted molar refractivity (Wildman–Crippen MR) is 89.0 cm³/mol. The molecule has 1 aliphatic heterocycles. The Hall–Kier alpha value is -2.20. The number of rotatable bonds is 4. The van der Waals surface area contributed by atoms with E-state index < -0.39 is 0 Å². The summed E-state index contributed by atoms with van der Waals surface area (Å²) in [5, 5.41) is 0. The van der Waals surface area contributed by atoms with Crippen LogP contribution in [0.25, 0.3) is 11.1 Å². The molecule has 3 rings (SSSR count). The molecule has 0 radical (unpaired) electrons. The van der Waals surface area contributed by atoms with Crippen LogP contribution in [0.1, 0.15) is 11.1 Å². The lowest BCUT2D eigenvalue weighted by Gasteiger charge is -2.06. The minimum absolute atomic E-state index is 0.261. The van der Waals surface area contributed by atoms with E-state index >= 15 is 0 Å². The first-order valence-electron chi connectivity index (χ1n) is 6.92. The predicted octanol–water partition coefficient (Wildman–Crippen LogP) is 3.88. The van der Waals surface area contributed by atoms with Gasteiger partial charge >= 0.3 is 5.97 Å². The molecule has 0 unspecified atom stereocenters. The summed E-state index contributed by atoms with van der Waals surface area (Å²) in [6.45, 7) is 0.310. The average Bonchev–Trinajstić information content (AvgIpc) is 2.96. The van der Waals surface area contributed by atoms with E-state index in [1.807, 2.05) is 54.8 Å². The Morgan fingerprint density at radius 1 is 1.00 bits per heavy atom. The van der Waals surface area contributed by atoms with Crippen LogP contribution < -0.4 is 4.74 Å². The van der Waals surface area contributed by atoms with Crippen LogP contribution in [0.5, 0.6) is 5.75 Å². The molecule has 0 atom stereocenters. The van der Waals surface area contributed by atoms with E-state index in [0.717, 1.165) is 22.4 Å². The Morgan fingerprint density at radius 3 is 2.23 bits per heavy atom. The van der Waals surface area contributed by atoms with E-state index in [0.29, 0.717) is 12.2 Å². The van der Waals surface area contributed by atoms with Crippen LogP contribution in [0.3, 0.4) is 0 Å². The minimum atomic E-state index is -0.261. The number of hydrogen-bond acceptors (Lipinski definition) is 4. The van der Waals surface area contributed by atoms with Crippen molar-refractivity contribution in [1.29, 1.82) is 0 Å². The van der Waals surface area contributed by atoms with Crippen molar-refractivity contribution < 1.29 is 14.3 Å². The highest BCUT2D eigenvalue weighted by Gasteiger charge is 2.27. The van der Waals surface area contributed by atoms with Crippen molar-refractivity contribution in [2.24, 2.45) is 0 Å². The van der Waals surface area contributed by atoms with Crippen LogP contribution in [-0.4, -0.2) is 25.9 Å². The highest BCUT2D eigenvalue weighted by Crippen LogP contribution is 2.34. The molecule has 0 N–H and O–H groups in total. The van der Waals surface area contributed by atoms with Crippen LogP contribution in [0.15, 0.2) is 53.4 Å². The second-order valence-electron chi connectivity index (χ2n) is 4.89. The van der Waals surface area contributed by atoms with Gasteiger partial charge in [-0.2, -0.15) is 0 Å². The van der Waals surface area contributed by atoms with Gasteiger partial charge in [0.15, 0.2) is 0 Å². The van der Waals surface area contributed by atoms with Gasteiger partial charge in [-0.05, 0) is 41.6 Å². The zero-order valence-corrected chi connectivity index (χ0v) is 13.3. The van der Waals surface area contributed by atoms with Crippen molar-refractivity contribution in [2.45, 2.75) is 4.90 Å². The lowest BCUT2D eigenvalue weighted by molar-refractivity contribution is -0.133. The van der Waals surface area contributed by atoms with Crippen LogP contribution in [0, 0.1) is 0 Å². The second kappa shape index (κ2) is 6.28. The van der Waals surface area contributed by atoms with Gasteiger partial charge in [0.1, 0.15) is 12.4 Å². The summed E-state index contributed by atoms with van der Waals surface area (Å²) in [6, 6.07) is 15.7. The highest BCUT2D eigenvalue weighted by atomic mass is 32.2. The normalized spacial score (nSPS) is 14.2. The number of cyclic esters (lactones) is 1. The fourth-order valence-corrected chi connectivity index (χ4v) is 2.88. The standard InChI is InChI=1S/C18H16O3S/c1-20-14-7-3-12(4-8-14)16-11-21-18(19)17(16)13-5-9-15(22-2)10-6-13/h3-10H,11H2,1-2H3. The molecule has 4 heteroatoms. The zero-order valence-electron chi connectivity index (χ0n) is 12.5. The molecule has 2 aromatic rings. The van der Waals surface area contributed by atoms with E-state index in [1.165, 1.54) is 4.90 Å². The number of methoxy groups -OCH3 is 1. The van der Waals surface area contributed by atoms with Crippen molar-refractivity contribution >= 4 is 28.9 Å². The van der Waals surface area contributed by atoms with Crippen molar-refractivity contribution in [3.63, 3.8) is 0 Å². The van der Waals surface area contributed by atoms with Crippen molar-refractivity contribution in [1.82, 2.24) is 0 Å². The van der Waals surface area contributed by atoms with Gasteiger partial charge in [0.05, 0.1) is 12.7 Å². The number of benzene rings is 2. The third kappa shape index (κ3) is 2.74. The van der Waals surface area contributed by atoms with Gasteiger partial charge < -0.3 is 9.47 Å². The first-order valence-corrected chi connectivity index (χ1v) is 8.14. The number of esters is 1. The van der Waals surface area contributed by atoms with Gasteiger partial charge in [-0.3, -0.25) is 0 Å². The van der Waals surface area contributed by atoms with Gasteiger partial charge in [0.2, 0.25) is 0 Å².